The summed E-state index contributed by atoms with van der Waals surface area (Å²) in [5.74, 6) is 0.209. The van der Waals surface area contributed by atoms with E-state index in [0.717, 1.165) is 19.3 Å². The molecular formula is C24H42NO2S. The Hall–Kier alpha value is -1.03. The minimum atomic E-state index is -3.22. The van der Waals surface area contributed by atoms with E-state index in [1.54, 1.807) is 24.3 Å². The van der Waals surface area contributed by atoms with Gasteiger partial charge < -0.3 is 0 Å². The summed E-state index contributed by atoms with van der Waals surface area (Å²) in [6.45, 7) is 2.27. The predicted octanol–water partition coefficient (Wildman–Crippen LogP) is 7.49. The van der Waals surface area contributed by atoms with Gasteiger partial charge in [-0.3, -0.25) is 4.72 Å². The summed E-state index contributed by atoms with van der Waals surface area (Å²) in [4.78, 5) is 0. The van der Waals surface area contributed by atoms with Crippen molar-refractivity contribution in [1.29, 1.82) is 0 Å². The highest BCUT2D eigenvalue weighted by Crippen LogP contribution is 2.14. The lowest BCUT2D eigenvalue weighted by Gasteiger charge is -2.07. The molecule has 0 aliphatic heterocycles. The summed E-state index contributed by atoms with van der Waals surface area (Å²) in [6, 6.07) is 9.83. The van der Waals surface area contributed by atoms with E-state index in [1.807, 2.05) is 0 Å². The molecule has 0 aliphatic carbocycles. The van der Waals surface area contributed by atoms with E-state index in [-0.39, 0.29) is 5.75 Å². The lowest BCUT2D eigenvalue weighted by Crippen LogP contribution is -2.16. The second-order valence-electron chi connectivity index (χ2n) is 8.02. The molecule has 28 heavy (non-hydrogen) atoms. The number of unbranched alkanes of at least 4 members (excludes halogenated alkanes) is 15. The number of sulfonamides is 1. The van der Waals surface area contributed by atoms with Gasteiger partial charge in [0, 0.05) is 5.69 Å². The van der Waals surface area contributed by atoms with Crippen molar-refractivity contribution in [3.8, 4) is 0 Å². The molecule has 1 N–H and O–H groups in total. The molecule has 3 nitrogen and oxygen atoms in total. The van der Waals surface area contributed by atoms with E-state index in [9.17, 15) is 8.42 Å². The highest BCUT2D eigenvalue weighted by Gasteiger charge is 2.09. The summed E-state index contributed by atoms with van der Waals surface area (Å²) in [7, 11) is -3.22. The van der Waals surface area contributed by atoms with E-state index in [4.69, 9.17) is 0 Å². The van der Waals surface area contributed by atoms with Crippen LogP contribution in [-0.2, 0) is 10.0 Å². The zero-order valence-corrected chi connectivity index (χ0v) is 18.9. The fraction of sp³-hybridized carbons (Fsp3) is 0.750. The maximum atomic E-state index is 12.0. The monoisotopic (exact) mass is 408 g/mol. The summed E-state index contributed by atoms with van der Waals surface area (Å²) < 4.78 is 26.7. The number of rotatable bonds is 19. The van der Waals surface area contributed by atoms with Crippen LogP contribution in [0, 0.1) is 6.07 Å². The Morgan fingerprint density at radius 2 is 1.21 bits per heavy atom. The minimum absolute atomic E-state index is 0.209. The first-order valence-electron chi connectivity index (χ1n) is 11.6. The van der Waals surface area contributed by atoms with Crippen LogP contribution >= 0.6 is 0 Å². The molecule has 1 radical (unpaired) electrons. The number of hydrogen-bond acceptors (Lipinski definition) is 2. The van der Waals surface area contributed by atoms with Crippen molar-refractivity contribution in [2.24, 2.45) is 0 Å². The van der Waals surface area contributed by atoms with Crippen LogP contribution in [0.5, 0.6) is 0 Å². The number of nitrogens with one attached hydrogen (secondary N) is 1. The third-order valence-electron chi connectivity index (χ3n) is 5.25. The van der Waals surface area contributed by atoms with Gasteiger partial charge in [-0.05, 0) is 24.6 Å². The normalized spacial score (nSPS) is 11.6. The fourth-order valence-corrected chi connectivity index (χ4v) is 4.70. The Morgan fingerprint density at radius 3 is 1.64 bits per heavy atom. The molecule has 0 atom stereocenters. The quantitative estimate of drug-likeness (QED) is 0.241. The Bertz CT molecular complexity index is 557. The standard InChI is InChI=1S/C24H42NO2S/c1-2-3-4-5-6-7-8-9-10-11-12-13-14-15-16-20-23-28(26,27)25-24-21-18-17-19-22-24/h17-18,21-22,25H,2-16,20,23H2,1H3. The largest absolute Gasteiger partial charge is 0.284 e. The van der Waals surface area contributed by atoms with Crippen molar-refractivity contribution >= 4 is 15.7 Å². The molecule has 0 aromatic heterocycles. The summed E-state index contributed by atoms with van der Waals surface area (Å²) in [5, 5.41) is 0. The smallest absolute Gasteiger partial charge is 0.232 e. The molecule has 0 fully saturated rings. The highest BCUT2D eigenvalue weighted by atomic mass is 32.2. The molecule has 0 saturated carbocycles. The van der Waals surface area contributed by atoms with Gasteiger partial charge in [0.05, 0.1) is 5.75 Å². The zero-order chi connectivity index (χ0) is 20.3. The first-order chi connectivity index (χ1) is 13.6. The van der Waals surface area contributed by atoms with Gasteiger partial charge in [-0.25, -0.2) is 8.42 Å². The van der Waals surface area contributed by atoms with Gasteiger partial charge >= 0.3 is 0 Å². The van der Waals surface area contributed by atoms with Gasteiger partial charge in [0.2, 0.25) is 10.0 Å². The molecule has 1 aromatic carbocycles. The van der Waals surface area contributed by atoms with Gasteiger partial charge in [0.25, 0.3) is 0 Å². The third-order valence-corrected chi connectivity index (χ3v) is 6.62. The van der Waals surface area contributed by atoms with Crippen molar-refractivity contribution in [3.05, 3.63) is 30.3 Å². The first kappa shape index (κ1) is 25.0. The first-order valence-corrected chi connectivity index (χ1v) is 13.3. The molecule has 0 saturated heterocycles. The predicted molar refractivity (Wildman–Crippen MR) is 122 cm³/mol. The molecule has 0 unspecified atom stereocenters. The molecule has 0 aliphatic rings. The van der Waals surface area contributed by atoms with Gasteiger partial charge in [-0.2, -0.15) is 0 Å². The van der Waals surface area contributed by atoms with E-state index in [0.29, 0.717) is 5.69 Å². The average Bonchev–Trinajstić information content (AvgIpc) is 2.68. The summed E-state index contributed by atoms with van der Waals surface area (Å²) >= 11 is 0. The third kappa shape index (κ3) is 15.0. The van der Waals surface area contributed by atoms with Crippen LogP contribution in [-0.4, -0.2) is 14.2 Å². The van der Waals surface area contributed by atoms with Crippen LogP contribution in [0.2, 0.25) is 0 Å². The van der Waals surface area contributed by atoms with Crippen LogP contribution in [0.4, 0.5) is 5.69 Å². The molecule has 0 heterocycles. The molecular weight excluding hydrogens is 366 g/mol. The van der Waals surface area contributed by atoms with Crippen LogP contribution < -0.4 is 4.72 Å². The zero-order valence-electron chi connectivity index (χ0n) is 18.1. The lowest BCUT2D eigenvalue weighted by atomic mass is 10.0. The topological polar surface area (TPSA) is 46.2 Å². The molecule has 0 amide bonds. The van der Waals surface area contributed by atoms with Gasteiger partial charge in [0.15, 0.2) is 0 Å². The van der Waals surface area contributed by atoms with Gasteiger partial charge in [-0.15, -0.1) is 0 Å². The maximum absolute atomic E-state index is 12.0. The van der Waals surface area contributed by atoms with Crippen molar-refractivity contribution in [2.75, 3.05) is 10.5 Å². The van der Waals surface area contributed by atoms with E-state index < -0.39 is 10.0 Å². The average molecular weight is 409 g/mol. The van der Waals surface area contributed by atoms with E-state index in [1.165, 1.54) is 83.5 Å². The second-order valence-corrected chi connectivity index (χ2v) is 9.86. The molecule has 4 heteroatoms. The fourth-order valence-electron chi connectivity index (χ4n) is 3.53. The maximum Gasteiger partial charge on any atom is 0.232 e. The number of anilines is 1. The van der Waals surface area contributed by atoms with Crippen molar-refractivity contribution < 1.29 is 8.42 Å². The highest BCUT2D eigenvalue weighted by molar-refractivity contribution is 7.92. The SMILES string of the molecule is CCCCCCCCCCCCCCCCCCS(=O)(=O)Nc1c[c]ccc1. The molecule has 0 bridgehead atoms. The Morgan fingerprint density at radius 1 is 0.750 bits per heavy atom. The molecule has 0 spiro atoms. The van der Waals surface area contributed by atoms with Crippen molar-refractivity contribution in [1.82, 2.24) is 0 Å². The number of benzene rings is 1. The van der Waals surface area contributed by atoms with Crippen LogP contribution in [0.15, 0.2) is 24.3 Å². The van der Waals surface area contributed by atoms with Crippen molar-refractivity contribution in [2.45, 2.75) is 110 Å². The van der Waals surface area contributed by atoms with Gasteiger partial charge in [0.1, 0.15) is 0 Å². The molecule has 161 valence electrons. The lowest BCUT2D eigenvalue weighted by molar-refractivity contribution is 0.531. The molecule has 1 aromatic rings. The van der Waals surface area contributed by atoms with Crippen LogP contribution in [0.25, 0.3) is 0 Å². The Labute approximate surface area is 174 Å². The second kappa shape index (κ2) is 16.9. The van der Waals surface area contributed by atoms with Crippen LogP contribution in [0.3, 0.4) is 0 Å². The van der Waals surface area contributed by atoms with E-state index >= 15 is 0 Å². The molecule has 1 rings (SSSR count). The van der Waals surface area contributed by atoms with E-state index in [2.05, 4.69) is 17.7 Å². The summed E-state index contributed by atoms with van der Waals surface area (Å²) in [5.41, 5.74) is 0.596. The minimum Gasteiger partial charge on any atom is -0.284 e. The summed E-state index contributed by atoms with van der Waals surface area (Å²) in [6.07, 6.45) is 20.7. The Kier molecular flexibility index (Phi) is 15.1. The van der Waals surface area contributed by atoms with Crippen molar-refractivity contribution in [3.63, 3.8) is 0 Å². The van der Waals surface area contributed by atoms with Gasteiger partial charge in [-0.1, -0.05) is 115 Å². The van der Waals surface area contributed by atoms with Crippen LogP contribution in [0.1, 0.15) is 110 Å². The Balaban J connectivity index is 1.84. The number of hydrogen-bond donors (Lipinski definition) is 1.